The fourth-order valence-electron chi connectivity index (χ4n) is 3.98. The zero-order valence-electron chi connectivity index (χ0n) is 19.1. The molecule has 7 nitrogen and oxygen atoms in total. The van der Waals surface area contributed by atoms with Crippen molar-refractivity contribution in [2.24, 2.45) is 0 Å². The number of pyridine rings is 1. The predicted octanol–water partition coefficient (Wildman–Crippen LogP) is 3.70. The average molecular weight is 446 g/mol. The van der Waals surface area contributed by atoms with Crippen LogP contribution in [0.15, 0.2) is 54.6 Å². The predicted molar refractivity (Wildman–Crippen MR) is 129 cm³/mol. The summed E-state index contributed by atoms with van der Waals surface area (Å²) in [6.07, 6.45) is 3.34. The summed E-state index contributed by atoms with van der Waals surface area (Å²) in [6, 6.07) is 15.0. The molecule has 1 aliphatic rings. The molecule has 1 saturated heterocycles. The third-order valence-corrected chi connectivity index (χ3v) is 5.88. The third-order valence-electron chi connectivity index (χ3n) is 5.88. The molecule has 2 heterocycles. The van der Waals surface area contributed by atoms with Gasteiger partial charge in [-0.2, -0.15) is 0 Å². The molecule has 2 aromatic carbocycles. The highest BCUT2D eigenvalue weighted by Gasteiger charge is 2.21. The highest BCUT2D eigenvalue weighted by Crippen LogP contribution is 2.29. The Hall–Kier alpha value is -3.87. The Labute approximate surface area is 193 Å². The summed E-state index contributed by atoms with van der Waals surface area (Å²) in [4.78, 5) is 33.1. The molecule has 33 heavy (non-hydrogen) atoms. The molecule has 1 aliphatic heterocycles. The first-order valence-corrected chi connectivity index (χ1v) is 10.8. The molecule has 1 aromatic heterocycles. The second-order valence-corrected chi connectivity index (χ2v) is 7.91. The van der Waals surface area contributed by atoms with E-state index in [0.717, 1.165) is 33.6 Å². The number of hydrogen-bond donors (Lipinski definition) is 0. The fourth-order valence-corrected chi connectivity index (χ4v) is 3.98. The van der Waals surface area contributed by atoms with Crippen molar-refractivity contribution in [3.63, 3.8) is 0 Å². The number of para-hydroxylation sites is 1. The molecule has 0 saturated carbocycles. The lowest BCUT2D eigenvalue weighted by Crippen LogP contribution is -2.48. The zero-order valence-corrected chi connectivity index (χ0v) is 19.1. The van der Waals surface area contributed by atoms with Crippen LogP contribution < -0.4 is 9.64 Å². The molecule has 1 amide bonds. The van der Waals surface area contributed by atoms with E-state index in [1.165, 1.54) is 7.11 Å². The van der Waals surface area contributed by atoms with Gasteiger partial charge in [-0.3, -0.25) is 4.79 Å². The van der Waals surface area contributed by atoms with Gasteiger partial charge >= 0.3 is 5.97 Å². The second kappa shape index (κ2) is 9.73. The normalized spacial score (nSPS) is 14.0. The number of methoxy groups -OCH3 is 2. The summed E-state index contributed by atoms with van der Waals surface area (Å²) >= 11 is 0. The van der Waals surface area contributed by atoms with E-state index in [1.807, 2.05) is 17.0 Å². The van der Waals surface area contributed by atoms with Gasteiger partial charge in [0.1, 0.15) is 17.1 Å². The van der Waals surface area contributed by atoms with Crippen LogP contribution in [0.3, 0.4) is 0 Å². The lowest BCUT2D eigenvalue weighted by atomic mass is 10.1. The Bertz CT molecular complexity index is 1200. The van der Waals surface area contributed by atoms with E-state index in [1.54, 1.807) is 43.5 Å². The van der Waals surface area contributed by atoms with Gasteiger partial charge in [0, 0.05) is 37.6 Å². The number of aromatic nitrogens is 1. The van der Waals surface area contributed by atoms with E-state index in [9.17, 15) is 9.59 Å². The van der Waals surface area contributed by atoms with Crippen LogP contribution in [0.1, 0.15) is 21.5 Å². The lowest BCUT2D eigenvalue weighted by Gasteiger charge is -2.35. The third kappa shape index (κ3) is 4.82. The van der Waals surface area contributed by atoms with E-state index < -0.39 is 0 Å². The smallest absolute Gasteiger partial charge is 0.337 e. The van der Waals surface area contributed by atoms with Gasteiger partial charge in [0.25, 0.3) is 0 Å². The number of rotatable bonds is 5. The molecule has 0 spiro atoms. The van der Waals surface area contributed by atoms with E-state index >= 15 is 0 Å². The highest BCUT2D eigenvalue weighted by atomic mass is 16.5. The van der Waals surface area contributed by atoms with Crippen molar-refractivity contribution < 1.29 is 19.1 Å². The molecular weight excluding hydrogens is 418 g/mol. The molecule has 1 fully saturated rings. The molecule has 3 aromatic rings. The molecule has 7 heteroatoms. The number of aryl methyl sites for hydroxylation is 1. The van der Waals surface area contributed by atoms with Gasteiger partial charge in [-0.25, -0.2) is 9.78 Å². The molecular formula is C26H27N3O4. The van der Waals surface area contributed by atoms with E-state index in [2.05, 4.69) is 24.0 Å². The van der Waals surface area contributed by atoms with E-state index in [-0.39, 0.29) is 11.9 Å². The second-order valence-electron chi connectivity index (χ2n) is 7.91. The highest BCUT2D eigenvalue weighted by molar-refractivity contribution is 5.93. The minimum atomic E-state index is -0.381. The van der Waals surface area contributed by atoms with Crippen LogP contribution in [0.25, 0.3) is 17.0 Å². The molecule has 0 N–H and O–H groups in total. The van der Waals surface area contributed by atoms with Gasteiger partial charge in [-0.1, -0.05) is 24.3 Å². The van der Waals surface area contributed by atoms with Crippen molar-refractivity contribution in [3.05, 3.63) is 71.3 Å². The van der Waals surface area contributed by atoms with Gasteiger partial charge in [0.05, 0.1) is 19.8 Å². The maximum atomic E-state index is 12.7. The number of fused-ring (bicyclic) bond motifs is 1. The molecule has 0 unspecified atom stereocenters. The van der Waals surface area contributed by atoms with Crippen LogP contribution in [0.2, 0.25) is 0 Å². The largest absolute Gasteiger partial charge is 0.494 e. The van der Waals surface area contributed by atoms with Gasteiger partial charge in [0.15, 0.2) is 0 Å². The van der Waals surface area contributed by atoms with Crippen LogP contribution in [-0.4, -0.2) is 62.2 Å². The molecule has 0 atom stereocenters. The average Bonchev–Trinajstić information content (AvgIpc) is 2.86. The monoisotopic (exact) mass is 445 g/mol. The number of anilines is 1. The molecule has 4 rings (SSSR count). The number of esters is 1. The molecule has 170 valence electrons. The number of benzene rings is 2. The van der Waals surface area contributed by atoms with E-state index in [0.29, 0.717) is 31.7 Å². The maximum Gasteiger partial charge on any atom is 0.337 e. The zero-order chi connectivity index (χ0) is 23.4. The number of hydrogen-bond acceptors (Lipinski definition) is 6. The summed E-state index contributed by atoms with van der Waals surface area (Å²) in [5, 5.41) is 1.08. The summed E-state index contributed by atoms with van der Waals surface area (Å²) in [7, 11) is 3.01. The van der Waals surface area contributed by atoms with Crippen LogP contribution in [0, 0.1) is 6.92 Å². The summed E-state index contributed by atoms with van der Waals surface area (Å²) in [5.41, 5.74) is 3.33. The molecule has 0 aliphatic carbocycles. The van der Waals surface area contributed by atoms with Gasteiger partial charge in [-0.15, -0.1) is 0 Å². The lowest BCUT2D eigenvalue weighted by molar-refractivity contribution is -0.126. The SMILES string of the molecule is COC(=O)c1ccc(/C=C/C(=O)N2CCN(c3cc(C)c4cccc(OC)c4n3)CC2)cc1. The van der Waals surface area contributed by atoms with Crippen molar-refractivity contribution in [2.45, 2.75) is 6.92 Å². The van der Waals surface area contributed by atoms with Crippen molar-refractivity contribution in [3.8, 4) is 5.75 Å². The number of carbonyl (C=O) groups is 2. The van der Waals surface area contributed by atoms with Gasteiger partial charge < -0.3 is 19.3 Å². The number of amides is 1. The minimum Gasteiger partial charge on any atom is -0.494 e. The van der Waals surface area contributed by atoms with Crippen molar-refractivity contribution >= 4 is 34.7 Å². The first-order chi connectivity index (χ1) is 16.0. The number of carbonyl (C=O) groups excluding carboxylic acids is 2. The van der Waals surface area contributed by atoms with E-state index in [4.69, 9.17) is 14.5 Å². The number of ether oxygens (including phenoxy) is 2. The summed E-state index contributed by atoms with van der Waals surface area (Å²) in [6.45, 7) is 4.74. The number of nitrogens with zero attached hydrogens (tertiary/aromatic N) is 3. The Morgan fingerprint density at radius 1 is 1.00 bits per heavy atom. The molecule has 0 bridgehead atoms. The Morgan fingerprint density at radius 3 is 2.39 bits per heavy atom. The van der Waals surface area contributed by atoms with Crippen LogP contribution in [-0.2, 0) is 9.53 Å². The maximum absolute atomic E-state index is 12.7. The van der Waals surface area contributed by atoms with Crippen molar-refractivity contribution in [2.75, 3.05) is 45.3 Å². The molecule has 0 radical (unpaired) electrons. The van der Waals surface area contributed by atoms with Crippen LogP contribution in [0.5, 0.6) is 5.75 Å². The first-order valence-electron chi connectivity index (χ1n) is 10.8. The Morgan fingerprint density at radius 2 is 1.73 bits per heavy atom. The Kier molecular flexibility index (Phi) is 6.58. The first kappa shape index (κ1) is 22.3. The summed E-state index contributed by atoms with van der Waals surface area (Å²) in [5.74, 6) is 1.25. The number of piperazine rings is 1. The van der Waals surface area contributed by atoms with Crippen molar-refractivity contribution in [1.82, 2.24) is 9.88 Å². The minimum absolute atomic E-state index is 0.0315. The Balaban J connectivity index is 1.40. The van der Waals surface area contributed by atoms with Crippen LogP contribution >= 0.6 is 0 Å². The standard InChI is InChI=1S/C26H27N3O4/c1-18-17-23(27-25-21(18)5-4-6-22(25)32-2)28-13-15-29(16-14-28)24(30)12-9-19-7-10-20(11-8-19)26(31)33-3/h4-12,17H,13-16H2,1-3H3/b12-9+. The fraction of sp³-hybridized carbons (Fsp3) is 0.269. The summed E-state index contributed by atoms with van der Waals surface area (Å²) < 4.78 is 10.2. The van der Waals surface area contributed by atoms with Crippen molar-refractivity contribution in [1.29, 1.82) is 0 Å². The topological polar surface area (TPSA) is 72.0 Å². The van der Waals surface area contributed by atoms with Gasteiger partial charge in [-0.05, 0) is 48.4 Å². The quantitative estimate of drug-likeness (QED) is 0.441. The van der Waals surface area contributed by atoms with Crippen LogP contribution in [0.4, 0.5) is 5.82 Å². The van der Waals surface area contributed by atoms with Gasteiger partial charge in [0.2, 0.25) is 5.91 Å².